The van der Waals surface area contributed by atoms with Crippen LogP contribution >= 0.6 is 0 Å². The quantitative estimate of drug-likeness (QED) is 0.249. The van der Waals surface area contributed by atoms with Crippen LogP contribution in [0.5, 0.6) is 5.75 Å². The van der Waals surface area contributed by atoms with Crippen LogP contribution in [0.2, 0.25) is 0 Å². The molecule has 0 amide bonds. The van der Waals surface area contributed by atoms with Gasteiger partial charge in [0.2, 0.25) is 0 Å². The number of aromatic nitrogens is 4. The molecule has 2 N–H and O–H groups in total. The summed E-state index contributed by atoms with van der Waals surface area (Å²) in [5.74, 6) is 0.673. The molecule has 7 rings (SSSR count). The van der Waals surface area contributed by atoms with Crippen molar-refractivity contribution in [2.24, 2.45) is 0 Å². The lowest BCUT2D eigenvalue weighted by atomic mass is 9.97. The fraction of sp³-hybridized carbons (Fsp3) is 0.188. The summed E-state index contributed by atoms with van der Waals surface area (Å²) in [6, 6.07) is 23.3. The molecule has 0 radical (unpaired) electrons. The van der Waals surface area contributed by atoms with Gasteiger partial charge in [0.15, 0.2) is 0 Å². The molecule has 1 fully saturated rings. The smallest absolute Gasteiger partial charge is 0.123 e. The van der Waals surface area contributed by atoms with Gasteiger partial charge in [0.1, 0.15) is 17.3 Å². The summed E-state index contributed by atoms with van der Waals surface area (Å²) < 4.78 is 19.8. The number of rotatable bonds is 5. The number of fused-ring (bicyclic) bond motifs is 2. The fourth-order valence-corrected chi connectivity index (χ4v) is 5.56. The molecule has 1 aliphatic rings. The van der Waals surface area contributed by atoms with Crippen molar-refractivity contribution in [2.75, 3.05) is 0 Å². The van der Waals surface area contributed by atoms with Crippen LogP contribution in [0.3, 0.4) is 0 Å². The number of benzene rings is 3. The third kappa shape index (κ3) is 4.22. The Kier molecular flexibility index (Phi) is 5.65. The first kappa shape index (κ1) is 22.7. The zero-order valence-electron chi connectivity index (χ0n) is 20.9. The Morgan fingerprint density at radius 3 is 2.45 bits per heavy atom. The number of hydrogen-bond donors (Lipinski definition) is 2. The van der Waals surface area contributed by atoms with Gasteiger partial charge in [-0.1, -0.05) is 36.8 Å². The monoisotopic (exact) mass is 502 g/mol. The van der Waals surface area contributed by atoms with Crippen molar-refractivity contribution in [3.05, 3.63) is 91.0 Å². The van der Waals surface area contributed by atoms with Crippen molar-refractivity contribution < 1.29 is 9.13 Å². The van der Waals surface area contributed by atoms with Crippen molar-refractivity contribution in [3.8, 4) is 39.4 Å². The second kappa shape index (κ2) is 9.45. The molecule has 3 heterocycles. The van der Waals surface area contributed by atoms with Crippen LogP contribution in [-0.2, 0) is 0 Å². The van der Waals surface area contributed by atoms with E-state index in [9.17, 15) is 4.39 Å². The van der Waals surface area contributed by atoms with Gasteiger partial charge in [-0.05, 0) is 84.8 Å². The summed E-state index contributed by atoms with van der Waals surface area (Å²) in [6.07, 6.45) is 10.0. The van der Waals surface area contributed by atoms with Crippen molar-refractivity contribution in [1.29, 1.82) is 0 Å². The maximum atomic E-state index is 13.5. The van der Waals surface area contributed by atoms with E-state index in [1.165, 1.54) is 31.4 Å². The number of ether oxygens (including phenoxy) is 1. The lowest BCUT2D eigenvalue weighted by molar-refractivity contribution is 0.155. The molecule has 0 saturated heterocycles. The van der Waals surface area contributed by atoms with Gasteiger partial charge in [0.05, 0.1) is 29.0 Å². The van der Waals surface area contributed by atoms with E-state index in [4.69, 9.17) is 4.74 Å². The van der Waals surface area contributed by atoms with E-state index in [0.717, 1.165) is 74.0 Å². The summed E-state index contributed by atoms with van der Waals surface area (Å²) in [6.45, 7) is 0. The van der Waals surface area contributed by atoms with Gasteiger partial charge in [0, 0.05) is 22.5 Å². The molecule has 0 atom stereocenters. The molecule has 6 heteroatoms. The van der Waals surface area contributed by atoms with Crippen LogP contribution in [0.15, 0.2) is 85.2 Å². The summed E-state index contributed by atoms with van der Waals surface area (Å²) in [5, 5.41) is 9.88. The summed E-state index contributed by atoms with van der Waals surface area (Å²) >= 11 is 0. The number of H-pyrrole nitrogens is 2. The van der Waals surface area contributed by atoms with E-state index in [2.05, 4.69) is 68.7 Å². The van der Waals surface area contributed by atoms with E-state index in [-0.39, 0.29) is 5.82 Å². The molecule has 0 aliphatic heterocycles. The van der Waals surface area contributed by atoms with Gasteiger partial charge < -0.3 is 9.72 Å². The fourth-order valence-electron chi connectivity index (χ4n) is 5.56. The molecule has 3 aromatic heterocycles. The minimum atomic E-state index is -0.256. The van der Waals surface area contributed by atoms with Gasteiger partial charge >= 0.3 is 0 Å². The first-order chi connectivity index (χ1) is 18.7. The molecule has 1 aliphatic carbocycles. The van der Waals surface area contributed by atoms with Crippen LogP contribution in [0.4, 0.5) is 4.39 Å². The standard InChI is InChI=1S/C32H27FN4O/c33-23-12-9-20(10-13-23)28-18-34-19-31-26(28)17-30(35-31)32-27-16-22(11-14-29(27)36-37-32)21-5-4-8-25(15-21)38-24-6-2-1-3-7-24/h4-5,8-19,24,35H,1-3,6-7H2,(H,36,37). The molecule has 0 spiro atoms. The SMILES string of the molecule is Fc1ccc(-c2cncc3[nH]c(-c4n[nH]c5ccc(-c6cccc(OC7CCCCC7)c6)cc45)cc23)cc1. The summed E-state index contributed by atoms with van der Waals surface area (Å²) in [5.41, 5.74) is 7.70. The lowest BCUT2D eigenvalue weighted by Crippen LogP contribution is -2.19. The van der Waals surface area contributed by atoms with Gasteiger partial charge in [-0.2, -0.15) is 5.10 Å². The van der Waals surface area contributed by atoms with Crippen molar-refractivity contribution in [1.82, 2.24) is 20.2 Å². The van der Waals surface area contributed by atoms with Gasteiger partial charge in [0.25, 0.3) is 0 Å². The highest BCUT2D eigenvalue weighted by atomic mass is 19.1. The zero-order valence-corrected chi connectivity index (χ0v) is 20.9. The molecule has 0 unspecified atom stereocenters. The number of pyridine rings is 1. The Bertz CT molecular complexity index is 1750. The molecule has 1 saturated carbocycles. The van der Waals surface area contributed by atoms with E-state index >= 15 is 0 Å². The van der Waals surface area contributed by atoms with Crippen molar-refractivity contribution >= 4 is 21.8 Å². The average molecular weight is 503 g/mol. The van der Waals surface area contributed by atoms with Crippen LogP contribution in [0.25, 0.3) is 55.4 Å². The summed E-state index contributed by atoms with van der Waals surface area (Å²) in [4.78, 5) is 7.89. The van der Waals surface area contributed by atoms with E-state index in [1.807, 2.05) is 12.4 Å². The molecule has 6 aromatic rings. The first-order valence-electron chi connectivity index (χ1n) is 13.2. The lowest BCUT2D eigenvalue weighted by Gasteiger charge is -2.23. The molecule has 5 nitrogen and oxygen atoms in total. The first-order valence-corrected chi connectivity index (χ1v) is 13.2. The Labute approximate surface area is 219 Å². The maximum Gasteiger partial charge on any atom is 0.123 e. The average Bonchev–Trinajstić information content (AvgIpc) is 3.58. The number of nitrogens with one attached hydrogen (secondary N) is 2. The number of nitrogens with zero attached hydrogens (tertiary/aromatic N) is 2. The third-order valence-corrected chi connectivity index (χ3v) is 7.54. The van der Waals surface area contributed by atoms with Crippen LogP contribution in [0, 0.1) is 5.82 Å². The molecule has 0 bridgehead atoms. The normalized spacial score (nSPS) is 14.3. The molecule has 38 heavy (non-hydrogen) atoms. The Hall–Kier alpha value is -4.45. The predicted molar refractivity (Wildman–Crippen MR) is 150 cm³/mol. The Morgan fingerprint density at radius 1 is 0.763 bits per heavy atom. The van der Waals surface area contributed by atoms with Crippen LogP contribution in [-0.4, -0.2) is 26.3 Å². The van der Waals surface area contributed by atoms with Gasteiger partial charge in [-0.25, -0.2) is 4.39 Å². The maximum absolute atomic E-state index is 13.5. The predicted octanol–water partition coefficient (Wildman–Crippen LogP) is 8.29. The second-order valence-corrected chi connectivity index (χ2v) is 10.1. The van der Waals surface area contributed by atoms with E-state index in [0.29, 0.717) is 6.10 Å². The molecular weight excluding hydrogens is 475 g/mol. The molecular formula is C32H27FN4O. The summed E-state index contributed by atoms with van der Waals surface area (Å²) in [7, 11) is 0. The van der Waals surface area contributed by atoms with Gasteiger partial charge in [-0.15, -0.1) is 0 Å². The molecule has 188 valence electrons. The van der Waals surface area contributed by atoms with Crippen LogP contribution < -0.4 is 4.74 Å². The number of hydrogen-bond acceptors (Lipinski definition) is 3. The highest BCUT2D eigenvalue weighted by molar-refractivity contribution is 6.01. The van der Waals surface area contributed by atoms with E-state index in [1.54, 1.807) is 12.1 Å². The zero-order chi connectivity index (χ0) is 25.5. The minimum Gasteiger partial charge on any atom is -0.490 e. The highest BCUT2D eigenvalue weighted by Crippen LogP contribution is 2.35. The largest absolute Gasteiger partial charge is 0.490 e. The highest BCUT2D eigenvalue weighted by Gasteiger charge is 2.17. The van der Waals surface area contributed by atoms with E-state index < -0.39 is 0 Å². The molecule has 3 aromatic carbocycles. The topological polar surface area (TPSA) is 66.6 Å². The van der Waals surface area contributed by atoms with Crippen molar-refractivity contribution in [2.45, 2.75) is 38.2 Å². The number of halogens is 1. The Balaban J connectivity index is 1.25. The van der Waals surface area contributed by atoms with Gasteiger partial charge in [-0.3, -0.25) is 10.1 Å². The van der Waals surface area contributed by atoms with Crippen LogP contribution in [0.1, 0.15) is 32.1 Å². The number of aromatic amines is 2. The van der Waals surface area contributed by atoms with Crippen molar-refractivity contribution in [3.63, 3.8) is 0 Å². The minimum absolute atomic E-state index is 0.256. The Morgan fingerprint density at radius 2 is 1.58 bits per heavy atom. The second-order valence-electron chi connectivity index (χ2n) is 10.1. The third-order valence-electron chi connectivity index (χ3n) is 7.54.